The zero-order valence-corrected chi connectivity index (χ0v) is 7.39. The minimum atomic E-state index is -0.199. The van der Waals surface area contributed by atoms with Crippen LogP contribution in [0.3, 0.4) is 0 Å². The van der Waals surface area contributed by atoms with E-state index in [1.165, 1.54) is 0 Å². The summed E-state index contributed by atoms with van der Waals surface area (Å²) in [5, 5.41) is 0. The molecule has 0 N–H and O–H groups in total. The number of nitrogens with zero attached hydrogens (tertiary/aromatic N) is 1. The highest BCUT2D eigenvalue weighted by molar-refractivity contribution is 5.67. The Morgan fingerprint density at radius 2 is 2.18 bits per heavy atom. The van der Waals surface area contributed by atoms with Crippen molar-refractivity contribution in [2.24, 2.45) is 5.41 Å². The van der Waals surface area contributed by atoms with Crippen molar-refractivity contribution in [3.05, 3.63) is 0 Å². The van der Waals surface area contributed by atoms with E-state index >= 15 is 0 Å². The topological polar surface area (TPSA) is 29.5 Å². The van der Waals surface area contributed by atoms with Crippen molar-refractivity contribution in [1.29, 1.82) is 0 Å². The van der Waals surface area contributed by atoms with E-state index in [1.54, 1.807) is 11.9 Å². The molecule has 0 saturated carbocycles. The van der Waals surface area contributed by atoms with E-state index in [9.17, 15) is 4.79 Å². The molecule has 64 valence electrons. The standard InChI is InChI=1S/C8H15NO2/c1-8(2)4-5-9(3)7(10)11-6-8/h4-6H2,1-3H3. The third kappa shape index (κ3) is 2.10. The Hall–Kier alpha value is -0.730. The van der Waals surface area contributed by atoms with Gasteiger partial charge in [0.15, 0.2) is 0 Å². The summed E-state index contributed by atoms with van der Waals surface area (Å²) in [6, 6.07) is 0. The van der Waals surface area contributed by atoms with E-state index < -0.39 is 0 Å². The second-order valence-electron chi connectivity index (χ2n) is 3.89. The average molecular weight is 157 g/mol. The highest BCUT2D eigenvalue weighted by Crippen LogP contribution is 2.23. The molecule has 0 aliphatic carbocycles. The van der Waals surface area contributed by atoms with Gasteiger partial charge in [-0.05, 0) is 6.42 Å². The molecular weight excluding hydrogens is 142 g/mol. The average Bonchev–Trinajstić information content (AvgIpc) is 2.03. The maximum absolute atomic E-state index is 11.0. The molecule has 0 unspecified atom stereocenters. The van der Waals surface area contributed by atoms with Crippen LogP contribution in [0, 0.1) is 5.41 Å². The van der Waals surface area contributed by atoms with Gasteiger partial charge in [-0.15, -0.1) is 0 Å². The molecule has 1 rings (SSSR count). The van der Waals surface area contributed by atoms with Crippen molar-refractivity contribution >= 4 is 6.09 Å². The van der Waals surface area contributed by atoms with E-state index in [0.717, 1.165) is 13.0 Å². The SMILES string of the molecule is CN1CCC(C)(C)COC1=O. The lowest BCUT2D eigenvalue weighted by molar-refractivity contribution is 0.0982. The van der Waals surface area contributed by atoms with Gasteiger partial charge in [0, 0.05) is 19.0 Å². The molecule has 1 heterocycles. The van der Waals surface area contributed by atoms with Gasteiger partial charge in [0.25, 0.3) is 0 Å². The van der Waals surface area contributed by atoms with Crippen LogP contribution in [0.2, 0.25) is 0 Å². The van der Waals surface area contributed by atoms with Gasteiger partial charge in [0.2, 0.25) is 0 Å². The molecule has 0 atom stereocenters. The van der Waals surface area contributed by atoms with E-state index in [1.807, 2.05) is 0 Å². The first-order valence-electron chi connectivity index (χ1n) is 3.89. The highest BCUT2D eigenvalue weighted by Gasteiger charge is 2.26. The van der Waals surface area contributed by atoms with Crippen molar-refractivity contribution in [2.45, 2.75) is 20.3 Å². The van der Waals surface area contributed by atoms with Crippen molar-refractivity contribution in [3.63, 3.8) is 0 Å². The van der Waals surface area contributed by atoms with Gasteiger partial charge in [-0.3, -0.25) is 0 Å². The molecule has 0 aromatic carbocycles. The smallest absolute Gasteiger partial charge is 0.409 e. The summed E-state index contributed by atoms with van der Waals surface area (Å²) in [5.74, 6) is 0. The van der Waals surface area contributed by atoms with Crippen LogP contribution in [0.5, 0.6) is 0 Å². The van der Waals surface area contributed by atoms with Crippen LogP contribution < -0.4 is 0 Å². The lowest BCUT2D eigenvalue weighted by Crippen LogP contribution is -2.25. The third-order valence-electron chi connectivity index (χ3n) is 2.02. The summed E-state index contributed by atoms with van der Waals surface area (Å²) in [4.78, 5) is 12.6. The van der Waals surface area contributed by atoms with E-state index in [2.05, 4.69) is 13.8 Å². The number of rotatable bonds is 0. The fourth-order valence-electron chi connectivity index (χ4n) is 1.00. The maximum atomic E-state index is 11.0. The Kier molecular flexibility index (Phi) is 2.07. The van der Waals surface area contributed by atoms with Gasteiger partial charge in [-0.2, -0.15) is 0 Å². The fourth-order valence-corrected chi connectivity index (χ4v) is 1.00. The van der Waals surface area contributed by atoms with Crippen LogP contribution >= 0.6 is 0 Å². The molecule has 1 fully saturated rings. The fraction of sp³-hybridized carbons (Fsp3) is 0.875. The first-order valence-corrected chi connectivity index (χ1v) is 3.89. The van der Waals surface area contributed by atoms with Crippen molar-refractivity contribution in [1.82, 2.24) is 4.90 Å². The molecule has 0 aromatic rings. The van der Waals surface area contributed by atoms with Crippen molar-refractivity contribution in [2.75, 3.05) is 20.2 Å². The Morgan fingerprint density at radius 3 is 2.82 bits per heavy atom. The second kappa shape index (κ2) is 2.72. The predicted molar refractivity (Wildman–Crippen MR) is 42.4 cm³/mol. The first kappa shape index (κ1) is 8.37. The van der Waals surface area contributed by atoms with Crippen LogP contribution in [0.15, 0.2) is 0 Å². The summed E-state index contributed by atoms with van der Waals surface area (Å²) in [6.45, 7) is 5.56. The number of hydrogen-bond acceptors (Lipinski definition) is 2. The van der Waals surface area contributed by atoms with Gasteiger partial charge in [-0.25, -0.2) is 4.79 Å². The van der Waals surface area contributed by atoms with Crippen LogP contribution in [0.4, 0.5) is 4.79 Å². The number of cyclic esters (lactones) is 1. The number of amides is 1. The van der Waals surface area contributed by atoms with E-state index in [-0.39, 0.29) is 11.5 Å². The molecular formula is C8H15NO2. The van der Waals surface area contributed by atoms with Crippen molar-refractivity contribution < 1.29 is 9.53 Å². The van der Waals surface area contributed by atoms with Crippen LogP contribution in [0.1, 0.15) is 20.3 Å². The second-order valence-corrected chi connectivity index (χ2v) is 3.89. The molecule has 11 heavy (non-hydrogen) atoms. The molecule has 0 spiro atoms. The summed E-state index contributed by atoms with van der Waals surface area (Å²) in [6.07, 6.45) is 0.811. The highest BCUT2D eigenvalue weighted by atomic mass is 16.6. The van der Waals surface area contributed by atoms with Gasteiger partial charge in [-0.1, -0.05) is 13.8 Å². The Bertz CT molecular complexity index is 165. The van der Waals surface area contributed by atoms with Crippen LogP contribution in [-0.4, -0.2) is 31.2 Å². The number of carbonyl (C=O) groups is 1. The lowest BCUT2D eigenvalue weighted by Gasteiger charge is -2.19. The minimum absolute atomic E-state index is 0.139. The first-order chi connectivity index (χ1) is 5.01. The molecule has 3 heteroatoms. The van der Waals surface area contributed by atoms with E-state index in [4.69, 9.17) is 4.74 Å². The van der Waals surface area contributed by atoms with Gasteiger partial charge in [0.1, 0.15) is 0 Å². The third-order valence-corrected chi connectivity index (χ3v) is 2.02. The van der Waals surface area contributed by atoms with E-state index in [0.29, 0.717) is 6.61 Å². The molecule has 3 nitrogen and oxygen atoms in total. The largest absolute Gasteiger partial charge is 0.449 e. The normalized spacial score (nSPS) is 24.3. The number of carbonyl (C=O) groups excluding carboxylic acids is 1. The monoisotopic (exact) mass is 157 g/mol. The zero-order chi connectivity index (χ0) is 8.48. The zero-order valence-electron chi connectivity index (χ0n) is 7.39. The molecule has 0 radical (unpaired) electrons. The molecule has 0 bridgehead atoms. The number of hydrogen-bond donors (Lipinski definition) is 0. The van der Waals surface area contributed by atoms with Crippen molar-refractivity contribution in [3.8, 4) is 0 Å². The maximum Gasteiger partial charge on any atom is 0.409 e. The van der Waals surface area contributed by atoms with Crippen LogP contribution in [-0.2, 0) is 4.74 Å². The predicted octanol–water partition coefficient (Wildman–Crippen LogP) is 1.48. The van der Waals surface area contributed by atoms with Gasteiger partial charge < -0.3 is 9.64 Å². The summed E-state index contributed by atoms with van der Waals surface area (Å²) in [7, 11) is 1.77. The Labute approximate surface area is 67.3 Å². The summed E-state index contributed by atoms with van der Waals surface area (Å²) >= 11 is 0. The van der Waals surface area contributed by atoms with Gasteiger partial charge in [0.05, 0.1) is 6.61 Å². The molecule has 0 aromatic heterocycles. The molecule has 1 amide bonds. The molecule has 1 saturated heterocycles. The number of ether oxygens (including phenoxy) is 1. The lowest BCUT2D eigenvalue weighted by atomic mass is 9.91. The molecule has 1 aliphatic rings. The van der Waals surface area contributed by atoms with Gasteiger partial charge >= 0.3 is 6.09 Å². The Morgan fingerprint density at radius 1 is 1.55 bits per heavy atom. The van der Waals surface area contributed by atoms with Crippen LogP contribution in [0.25, 0.3) is 0 Å². The minimum Gasteiger partial charge on any atom is -0.449 e. The summed E-state index contributed by atoms with van der Waals surface area (Å²) < 4.78 is 5.02. The quantitative estimate of drug-likeness (QED) is 0.533. The summed E-state index contributed by atoms with van der Waals surface area (Å²) in [5.41, 5.74) is 0.139. The Balaban J connectivity index is 2.58. The molecule has 1 aliphatic heterocycles.